The predicted octanol–water partition coefficient (Wildman–Crippen LogP) is 8.82. The number of esters is 1. The largest absolute Gasteiger partial charge is 0.494 e. The molecule has 2 saturated heterocycles. The number of rotatable bonds is 7. The van der Waals surface area contributed by atoms with E-state index in [1.165, 1.54) is 11.1 Å². The highest BCUT2D eigenvalue weighted by molar-refractivity contribution is 5.76. The van der Waals surface area contributed by atoms with Crippen LogP contribution in [0, 0.1) is 5.92 Å². The van der Waals surface area contributed by atoms with Crippen LogP contribution in [0.25, 0.3) is 0 Å². The summed E-state index contributed by atoms with van der Waals surface area (Å²) in [4.78, 5) is 19.2. The van der Waals surface area contributed by atoms with Gasteiger partial charge in [-0.1, -0.05) is 66.3 Å². The maximum atomic E-state index is 14.3. The van der Waals surface area contributed by atoms with Gasteiger partial charge in [0.25, 0.3) is 0 Å². The van der Waals surface area contributed by atoms with Crippen molar-refractivity contribution < 1.29 is 14.3 Å². The van der Waals surface area contributed by atoms with Gasteiger partial charge in [0.1, 0.15) is 23.9 Å². The van der Waals surface area contributed by atoms with Gasteiger partial charge < -0.3 is 9.47 Å². The first kappa shape index (κ1) is 36.6. The summed E-state index contributed by atoms with van der Waals surface area (Å²) < 4.78 is 13.2. The molecular formula is C39H66N2O3. The minimum absolute atomic E-state index is 0.0178. The second-order valence-corrected chi connectivity index (χ2v) is 18.6. The zero-order valence-electron chi connectivity index (χ0n) is 31.3. The summed E-state index contributed by atoms with van der Waals surface area (Å²) in [7, 11) is 4.38. The molecule has 0 aromatic heterocycles. The van der Waals surface area contributed by atoms with Crippen molar-refractivity contribution in [1.82, 2.24) is 9.80 Å². The molecule has 5 nitrogen and oxygen atoms in total. The standard InChI is InChI=1S/C39H66N2O3/c1-26(43-30-22-36(8,9)40(16)37(10,11)23-30)32(33(42)44-31-24-38(12,13)41(17)39(14,15)25-31)20-27-18-28(34(2,3)4)21-29(19-27)35(5,6)7/h18-19,21,30-32H,1,20,22-25H2,2-17H3. The summed E-state index contributed by atoms with van der Waals surface area (Å²) in [5.74, 6) is -0.281. The summed E-state index contributed by atoms with van der Waals surface area (Å²) in [5.41, 5.74) is 3.42. The number of hydrogen-bond donors (Lipinski definition) is 0. The lowest BCUT2D eigenvalue weighted by Crippen LogP contribution is -2.60. The fourth-order valence-electron chi connectivity index (χ4n) is 7.51. The third-order valence-electron chi connectivity index (χ3n) is 11.0. The van der Waals surface area contributed by atoms with Gasteiger partial charge in [0.15, 0.2) is 0 Å². The SMILES string of the molecule is C=C(OC1CC(C)(C)N(C)C(C)(C)C1)C(Cc1cc(C(C)(C)C)cc(C(C)(C)C)c1)C(=O)OC1CC(C)(C)N(C)C(C)(C)C1. The van der Waals surface area contributed by atoms with Crippen molar-refractivity contribution in [2.24, 2.45) is 5.92 Å². The number of piperidine rings is 2. The lowest BCUT2D eigenvalue weighted by molar-refractivity contribution is -0.164. The average molecular weight is 611 g/mol. The van der Waals surface area contributed by atoms with Crippen molar-refractivity contribution in [1.29, 1.82) is 0 Å². The minimum Gasteiger partial charge on any atom is -0.494 e. The van der Waals surface area contributed by atoms with E-state index >= 15 is 0 Å². The van der Waals surface area contributed by atoms with Gasteiger partial charge in [0.05, 0.1) is 0 Å². The molecule has 0 radical (unpaired) electrons. The monoisotopic (exact) mass is 611 g/mol. The van der Waals surface area contributed by atoms with Crippen LogP contribution in [0.3, 0.4) is 0 Å². The van der Waals surface area contributed by atoms with E-state index in [9.17, 15) is 4.79 Å². The van der Waals surface area contributed by atoms with Crippen LogP contribution in [0.4, 0.5) is 0 Å². The third-order valence-corrected chi connectivity index (χ3v) is 11.0. The quantitative estimate of drug-likeness (QED) is 0.228. The van der Waals surface area contributed by atoms with Gasteiger partial charge in [0, 0.05) is 47.8 Å². The Hall–Kier alpha value is -1.85. The number of likely N-dealkylation sites (tertiary alicyclic amines) is 2. The van der Waals surface area contributed by atoms with Crippen molar-refractivity contribution in [3.8, 4) is 0 Å². The molecule has 2 heterocycles. The number of carbonyl (C=O) groups is 1. The molecular weight excluding hydrogens is 544 g/mol. The smallest absolute Gasteiger partial charge is 0.317 e. The molecule has 1 aromatic carbocycles. The molecule has 44 heavy (non-hydrogen) atoms. The molecule has 1 atom stereocenters. The molecule has 0 bridgehead atoms. The van der Waals surface area contributed by atoms with Gasteiger partial charge >= 0.3 is 5.97 Å². The Morgan fingerprint density at radius 3 is 1.41 bits per heavy atom. The van der Waals surface area contributed by atoms with Crippen molar-refractivity contribution >= 4 is 5.97 Å². The Morgan fingerprint density at radius 1 is 0.727 bits per heavy atom. The van der Waals surface area contributed by atoms with Crippen LogP contribution in [0.5, 0.6) is 0 Å². The molecule has 2 aliphatic heterocycles. The van der Waals surface area contributed by atoms with E-state index in [0.717, 1.165) is 31.2 Å². The van der Waals surface area contributed by atoms with Crippen LogP contribution in [0.15, 0.2) is 30.5 Å². The molecule has 2 aliphatic rings. The van der Waals surface area contributed by atoms with E-state index < -0.39 is 5.92 Å². The molecule has 5 heteroatoms. The Labute approximate surface area is 271 Å². The predicted molar refractivity (Wildman–Crippen MR) is 185 cm³/mol. The second-order valence-electron chi connectivity index (χ2n) is 18.6. The lowest BCUT2D eigenvalue weighted by Gasteiger charge is -2.53. The number of nitrogens with zero attached hydrogens (tertiary/aromatic N) is 2. The Morgan fingerprint density at radius 2 is 1.07 bits per heavy atom. The van der Waals surface area contributed by atoms with Crippen LogP contribution in [0.2, 0.25) is 0 Å². The van der Waals surface area contributed by atoms with Crippen LogP contribution < -0.4 is 0 Å². The molecule has 2 fully saturated rings. The number of hydrogen-bond acceptors (Lipinski definition) is 5. The molecule has 1 aromatic rings. The summed E-state index contributed by atoms with van der Waals surface area (Å²) in [5, 5.41) is 0. The van der Waals surface area contributed by atoms with Gasteiger partial charge in [-0.3, -0.25) is 14.6 Å². The van der Waals surface area contributed by atoms with E-state index in [-0.39, 0.29) is 51.2 Å². The van der Waals surface area contributed by atoms with Crippen LogP contribution in [0.1, 0.15) is 139 Å². The zero-order chi connectivity index (χ0) is 33.8. The van der Waals surface area contributed by atoms with Crippen LogP contribution in [-0.2, 0) is 31.5 Å². The first-order valence-electron chi connectivity index (χ1n) is 16.8. The minimum atomic E-state index is -0.588. The van der Waals surface area contributed by atoms with Crippen molar-refractivity contribution in [2.45, 2.75) is 174 Å². The van der Waals surface area contributed by atoms with Gasteiger partial charge in [-0.2, -0.15) is 0 Å². The van der Waals surface area contributed by atoms with Gasteiger partial charge in [-0.25, -0.2) is 0 Å². The fourth-order valence-corrected chi connectivity index (χ4v) is 7.51. The van der Waals surface area contributed by atoms with Gasteiger partial charge in [-0.15, -0.1) is 0 Å². The summed E-state index contributed by atoms with van der Waals surface area (Å²) in [6.45, 7) is 36.0. The second kappa shape index (κ2) is 12.1. The Kier molecular flexibility index (Phi) is 10.0. The third kappa shape index (κ3) is 8.29. The molecule has 3 rings (SSSR count). The normalized spacial score (nSPS) is 23.6. The van der Waals surface area contributed by atoms with Gasteiger partial charge in [0.2, 0.25) is 0 Å². The number of carbonyl (C=O) groups excluding carboxylic acids is 1. The maximum absolute atomic E-state index is 14.3. The maximum Gasteiger partial charge on any atom is 0.317 e. The van der Waals surface area contributed by atoms with Gasteiger partial charge in [-0.05, 0) is 103 Å². The van der Waals surface area contributed by atoms with E-state index in [1.54, 1.807) is 0 Å². The molecule has 0 aliphatic carbocycles. The molecule has 0 saturated carbocycles. The van der Waals surface area contributed by atoms with Crippen molar-refractivity contribution in [3.05, 3.63) is 47.2 Å². The molecule has 0 N–H and O–H groups in total. The zero-order valence-corrected chi connectivity index (χ0v) is 31.3. The summed E-state index contributed by atoms with van der Waals surface area (Å²) >= 11 is 0. The summed E-state index contributed by atoms with van der Waals surface area (Å²) in [6, 6.07) is 6.87. The van der Waals surface area contributed by atoms with Crippen LogP contribution >= 0.6 is 0 Å². The number of ether oxygens (including phenoxy) is 2. The first-order chi connectivity index (χ1) is 19.7. The molecule has 1 unspecified atom stereocenters. The highest BCUT2D eigenvalue weighted by Gasteiger charge is 2.46. The first-order valence-corrected chi connectivity index (χ1v) is 16.8. The average Bonchev–Trinajstić information content (AvgIpc) is 2.82. The molecule has 0 amide bonds. The van der Waals surface area contributed by atoms with Crippen LogP contribution in [-0.4, -0.2) is 64.2 Å². The Balaban J connectivity index is 1.98. The summed E-state index contributed by atoms with van der Waals surface area (Å²) in [6.07, 6.45) is 3.66. The van der Waals surface area contributed by atoms with Crippen molar-refractivity contribution in [2.75, 3.05) is 14.1 Å². The number of benzene rings is 1. The topological polar surface area (TPSA) is 42.0 Å². The molecule has 0 spiro atoms. The molecule has 250 valence electrons. The van der Waals surface area contributed by atoms with E-state index in [4.69, 9.17) is 9.47 Å². The Bertz CT molecular complexity index is 1090. The highest BCUT2D eigenvalue weighted by atomic mass is 16.5. The lowest BCUT2D eigenvalue weighted by atomic mass is 9.78. The highest BCUT2D eigenvalue weighted by Crippen LogP contribution is 2.41. The van der Waals surface area contributed by atoms with E-state index in [2.05, 4.69) is 146 Å². The fraction of sp³-hybridized carbons (Fsp3) is 0.769. The van der Waals surface area contributed by atoms with Crippen molar-refractivity contribution in [3.63, 3.8) is 0 Å². The van der Waals surface area contributed by atoms with E-state index in [0.29, 0.717) is 12.2 Å². The van der Waals surface area contributed by atoms with E-state index in [1.807, 2.05) is 0 Å².